The molecule has 19 rings (SSSR count). The van der Waals surface area contributed by atoms with E-state index in [1.165, 1.54) is 47.6 Å². The van der Waals surface area contributed by atoms with Crippen LogP contribution in [0.4, 0.5) is 28.8 Å². The zero-order valence-electron chi connectivity index (χ0n) is 55.7. The van der Waals surface area contributed by atoms with Crippen molar-refractivity contribution in [2.45, 2.75) is 44.1 Å². The molecule has 22 nitrogen and oxygen atoms in total. The number of halogens is 4. The first kappa shape index (κ1) is 79.2. The number of nitrogen functional groups attached to an aromatic ring is 1. The summed E-state index contributed by atoms with van der Waals surface area (Å²) >= 11 is 21.4. The van der Waals surface area contributed by atoms with Gasteiger partial charge in [0.2, 0.25) is 0 Å². The summed E-state index contributed by atoms with van der Waals surface area (Å²) in [4.78, 5) is 93.3. The molecule has 8 aromatic heterocycles. The molecule has 0 saturated carbocycles. The topological polar surface area (TPSA) is 319 Å². The van der Waals surface area contributed by atoms with Crippen LogP contribution in [-0.4, -0.2) is 83.7 Å². The van der Waals surface area contributed by atoms with Crippen molar-refractivity contribution in [2.24, 2.45) is 0 Å². The largest absolute Gasteiger partial charge is 0.384 e. The summed E-state index contributed by atoms with van der Waals surface area (Å²) in [5.41, 5.74) is 16.9. The summed E-state index contributed by atoms with van der Waals surface area (Å²) in [5.74, 6) is 1.02. The normalized spacial score (nSPS) is 16.6. The second kappa shape index (κ2) is 37.8. The Kier molecular flexibility index (Phi) is 27.7. The van der Waals surface area contributed by atoms with Crippen LogP contribution in [0.15, 0.2) is 249 Å². The Morgan fingerprint density at radius 1 is 0.435 bits per heavy atom. The predicted molar refractivity (Wildman–Crippen MR) is 439 cm³/mol. The quantitative estimate of drug-likeness (QED) is 0.0638. The highest BCUT2D eigenvalue weighted by atomic mass is 79.9. The molecule has 0 bridgehead atoms. The fourth-order valence-electron chi connectivity index (χ4n) is 11.4. The molecule has 31 heteroatoms. The standard InChI is InChI=1S/2C16H12N4OS.C12H8BrNO2S.C12H8BrNOS.C8H4BrNO2.C4H3BrS.C4H5N3.C4H8O.CH4/c2*21-16-12-2-1-11(19-14-3-5-17-9-18-14)7-13(12)15(20-16)10-4-6-22-8-10;13-8-1-2-9-10(5-8)12(16,14-11(9)15)7-3-4-17-6-7;13-8-1-2-9-10(5-8)11(14-12(9)15)7-3-4-16-6-7;9-4-1-2-5-6(3-4)8(12)10-7(5)11;5-4-1-2-6-3-4;5-4-1-2-6-3-7-4;1-2-4-5-3-1;/h2*1-9,15H,(H,20,21)(H,17,18,19);1-6,16H,(H,14,15);1-6,11H,(H,14,15);1-3H,(H,10,11,12);1-3H;1-3H,(H2,5,6,7);1-4H2;1H4. The number of carbonyl (C=O) groups excluding carboxylic acids is 6. The number of imide groups is 1. The number of anilines is 5. The maximum atomic E-state index is 12.1. The number of ether oxygens (including phenoxy) is 1. The van der Waals surface area contributed by atoms with Crippen LogP contribution < -0.4 is 43.0 Å². The van der Waals surface area contributed by atoms with E-state index in [0.29, 0.717) is 33.6 Å². The smallest absolute Gasteiger partial charge is 0.258 e. The molecule has 13 aromatic rings. The number of amides is 6. The molecule has 6 amide bonds. The van der Waals surface area contributed by atoms with Gasteiger partial charge >= 0.3 is 0 Å². The zero-order chi connectivity index (χ0) is 74.8. The average Bonchev–Trinajstić information content (AvgIpc) is 1.60. The molecular weight excluding hydrogens is 1730 g/mol. The lowest BCUT2D eigenvalue weighted by Crippen LogP contribution is -2.39. The SMILES string of the molecule is Brc1ccsc1.C.C1CCOC1.Nc1ccncn1.O=C1NC(=O)c2cc(Br)ccc21.O=C1NC(O)(c2ccsc2)c2cc(Br)ccc21.O=C1NC(c2ccsc2)c2cc(Br)ccc21.O=C1NC(c2ccsc2)c2cc(Nc3ccncn3)ccc21.O=C1NC(c2ccsc2)c2cc(Nc3ccncn3)ccc21. The van der Waals surface area contributed by atoms with Crippen molar-refractivity contribution in [3.63, 3.8) is 0 Å². The lowest BCUT2D eigenvalue weighted by Gasteiger charge is -2.23. The molecule has 1 saturated heterocycles. The summed E-state index contributed by atoms with van der Waals surface area (Å²) < 4.78 is 8.75. The number of fused-ring (bicyclic) bond motifs is 5. The van der Waals surface area contributed by atoms with Gasteiger partial charge in [-0.3, -0.25) is 34.1 Å². The van der Waals surface area contributed by atoms with Gasteiger partial charge in [-0.15, -0.1) is 0 Å². The lowest BCUT2D eigenvalue weighted by atomic mass is 9.97. The summed E-state index contributed by atoms with van der Waals surface area (Å²) in [5, 5.41) is 51.0. The number of hydrogen-bond acceptors (Lipinski definition) is 22. The number of thiophene rings is 5. The fraction of sp³-hybridized carbons (Fsp3) is 0.117. The molecular formula is C77H64Br4N14O8S5. The predicted octanol–water partition coefficient (Wildman–Crippen LogP) is 17.4. The monoisotopic (exact) mass is 1790 g/mol. The Labute approximate surface area is 674 Å². The third-order valence-corrected chi connectivity index (χ3v) is 22.2. The molecule has 0 aliphatic carbocycles. The van der Waals surface area contributed by atoms with Gasteiger partial charge in [-0.05, 0) is 250 Å². The molecule has 1 fully saturated rings. The number of rotatable bonds is 8. The summed E-state index contributed by atoms with van der Waals surface area (Å²) in [6, 6.07) is 42.5. The van der Waals surface area contributed by atoms with Gasteiger partial charge in [0.1, 0.15) is 36.4 Å². The van der Waals surface area contributed by atoms with Crippen molar-refractivity contribution in [3.05, 3.63) is 327 Å². The van der Waals surface area contributed by atoms with Crippen molar-refractivity contribution < 1.29 is 38.6 Å². The fourth-order valence-corrected chi connectivity index (χ4v) is 16.4. The van der Waals surface area contributed by atoms with Gasteiger partial charge in [-0.2, -0.15) is 56.7 Å². The van der Waals surface area contributed by atoms with E-state index < -0.39 is 5.72 Å². The molecule has 0 spiro atoms. The van der Waals surface area contributed by atoms with Crippen LogP contribution in [0.3, 0.4) is 0 Å². The first-order valence-corrected chi connectivity index (χ1v) is 40.3. The maximum absolute atomic E-state index is 12.1. The number of nitrogens with zero attached hydrogens (tertiary/aromatic N) is 6. The van der Waals surface area contributed by atoms with Crippen LogP contribution in [0.5, 0.6) is 0 Å². The van der Waals surface area contributed by atoms with Gasteiger partial charge in [0.05, 0.1) is 29.3 Å². The molecule has 4 unspecified atom stereocenters. The van der Waals surface area contributed by atoms with Gasteiger partial charge in [-0.1, -0.05) is 55.2 Å². The second-order valence-corrected chi connectivity index (χ2v) is 31.0. The number of carbonyl (C=O) groups is 6. The van der Waals surface area contributed by atoms with E-state index in [0.717, 1.165) is 99.7 Å². The Morgan fingerprint density at radius 3 is 1.28 bits per heavy atom. The number of nitrogens with two attached hydrogens (primary N) is 1. The van der Waals surface area contributed by atoms with E-state index in [1.807, 2.05) is 117 Å². The van der Waals surface area contributed by atoms with E-state index in [9.17, 15) is 33.9 Å². The van der Waals surface area contributed by atoms with Gasteiger partial charge in [0.25, 0.3) is 35.4 Å². The second-order valence-electron chi connectivity index (χ2n) is 23.4. The Bertz CT molecular complexity index is 5070. The van der Waals surface area contributed by atoms with Gasteiger partial charge in [-0.25, -0.2) is 29.9 Å². The minimum Gasteiger partial charge on any atom is -0.384 e. The highest BCUT2D eigenvalue weighted by Gasteiger charge is 2.43. The van der Waals surface area contributed by atoms with Crippen molar-refractivity contribution in [1.82, 2.24) is 56.5 Å². The minimum absolute atomic E-state index is 0. The van der Waals surface area contributed by atoms with Gasteiger partial charge in [0, 0.05) is 99.8 Å². The van der Waals surface area contributed by atoms with Crippen molar-refractivity contribution in [2.75, 3.05) is 29.6 Å². The van der Waals surface area contributed by atoms with E-state index in [4.69, 9.17) is 10.5 Å². The third-order valence-electron chi connectivity index (χ3n) is 16.4. The van der Waals surface area contributed by atoms with E-state index in [-0.39, 0.29) is 61.0 Å². The summed E-state index contributed by atoms with van der Waals surface area (Å²) in [6.07, 6.45) is 11.9. The van der Waals surface area contributed by atoms with Crippen molar-refractivity contribution in [1.29, 1.82) is 0 Å². The highest BCUT2D eigenvalue weighted by molar-refractivity contribution is 9.11. The average molecular weight is 1790 g/mol. The number of aromatic nitrogens is 6. The molecule has 0 radical (unpaired) electrons. The first-order valence-electron chi connectivity index (χ1n) is 32.4. The minimum atomic E-state index is -1.41. The van der Waals surface area contributed by atoms with E-state index in [1.54, 1.807) is 125 Å². The number of aliphatic hydroxyl groups is 1. The Hall–Kier alpha value is -9.90. The number of nitrogens with one attached hydrogen (secondary N) is 7. The zero-order valence-corrected chi connectivity index (χ0v) is 66.1. The molecule has 5 aromatic carbocycles. The number of hydrogen-bond donors (Lipinski definition) is 9. The third kappa shape index (κ3) is 20.1. The van der Waals surface area contributed by atoms with Crippen molar-refractivity contribution in [3.8, 4) is 0 Å². The van der Waals surface area contributed by atoms with E-state index in [2.05, 4.69) is 147 Å². The van der Waals surface area contributed by atoms with Crippen LogP contribution in [0.25, 0.3) is 0 Å². The molecule has 14 heterocycles. The van der Waals surface area contributed by atoms with E-state index >= 15 is 0 Å². The van der Waals surface area contributed by atoms with Crippen LogP contribution >= 0.6 is 120 Å². The summed E-state index contributed by atoms with van der Waals surface area (Å²) in [7, 11) is 0. The van der Waals surface area contributed by atoms with Crippen molar-refractivity contribution >= 4 is 185 Å². The summed E-state index contributed by atoms with van der Waals surface area (Å²) in [6.45, 7) is 2.00. The van der Waals surface area contributed by atoms with Crippen LogP contribution in [0.2, 0.25) is 0 Å². The van der Waals surface area contributed by atoms with Gasteiger partial charge in [0.15, 0.2) is 5.72 Å². The molecule has 6 aliphatic rings. The molecule has 6 aliphatic heterocycles. The molecule has 108 heavy (non-hydrogen) atoms. The van der Waals surface area contributed by atoms with Crippen LogP contribution in [-0.2, 0) is 10.5 Å². The maximum Gasteiger partial charge on any atom is 0.258 e. The van der Waals surface area contributed by atoms with Gasteiger partial charge < -0.3 is 47.5 Å². The Morgan fingerprint density at radius 2 is 0.870 bits per heavy atom. The van der Waals surface area contributed by atoms with Crippen LogP contribution in [0, 0.1) is 0 Å². The first-order chi connectivity index (χ1) is 52.0. The molecule has 10 N–H and O–H groups in total. The highest BCUT2D eigenvalue weighted by Crippen LogP contribution is 2.40. The Balaban J connectivity index is 0.000000128. The lowest BCUT2D eigenvalue weighted by molar-refractivity contribution is 0.0477. The molecule has 4 atom stereocenters. The van der Waals surface area contributed by atoms with Crippen LogP contribution in [0.1, 0.15) is 145 Å². The number of benzene rings is 5. The molecule has 548 valence electrons.